The van der Waals surface area contributed by atoms with E-state index in [-0.39, 0.29) is 12.0 Å². The average Bonchev–Trinajstić information content (AvgIpc) is 2.52. The highest BCUT2D eigenvalue weighted by molar-refractivity contribution is 5.71. The maximum absolute atomic E-state index is 10.8. The van der Waals surface area contributed by atoms with Gasteiger partial charge in [0.25, 0.3) is 0 Å². The molecule has 0 aromatic carbocycles. The Balaban J connectivity index is 2.33. The number of carboxylic acid groups (broad SMARTS) is 1. The Morgan fingerprint density at radius 3 is 2.62 bits per heavy atom. The van der Waals surface area contributed by atoms with Crippen molar-refractivity contribution in [2.45, 2.75) is 25.3 Å². The van der Waals surface area contributed by atoms with Gasteiger partial charge in [-0.25, -0.2) is 4.79 Å². The summed E-state index contributed by atoms with van der Waals surface area (Å²) in [4.78, 5) is 21.3. The Morgan fingerprint density at radius 1 is 1.46 bits per heavy atom. The molecule has 5 nitrogen and oxygen atoms in total. The quantitative estimate of drug-likeness (QED) is 0.663. The van der Waals surface area contributed by atoms with E-state index in [4.69, 9.17) is 5.11 Å². The van der Waals surface area contributed by atoms with Crippen molar-refractivity contribution in [3.63, 3.8) is 0 Å². The van der Waals surface area contributed by atoms with Crippen LogP contribution in [-0.4, -0.2) is 30.3 Å². The van der Waals surface area contributed by atoms with Gasteiger partial charge >= 0.3 is 12.1 Å². The van der Waals surface area contributed by atoms with Crippen LogP contribution in [0.15, 0.2) is 0 Å². The van der Waals surface area contributed by atoms with Crippen molar-refractivity contribution >= 4 is 12.1 Å². The van der Waals surface area contributed by atoms with Crippen LogP contribution in [-0.2, 0) is 9.53 Å². The number of alkyl carbamates (subject to hydrolysis) is 1. The van der Waals surface area contributed by atoms with Crippen molar-refractivity contribution in [2.75, 3.05) is 7.11 Å². The molecule has 0 spiro atoms. The molecule has 74 valence electrons. The number of aliphatic carboxylic acids is 1. The van der Waals surface area contributed by atoms with Gasteiger partial charge in [0.05, 0.1) is 13.0 Å². The highest BCUT2D eigenvalue weighted by atomic mass is 16.5. The van der Waals surface area contributed by atoms with Crippen LogP contribution in [0.4, 0.5) is 4.79 Å². The summed E-state index contributed by atoms with van der Waals surface area (Å²) in [6.07, 6.45) is 1.36. The number of hydrogen-bond acceptors (Lipinski definition) is 3. The van der Waals surface area contributed by atoms with Gasteiger partial charge in [0.15, 0.2) is 0 Å². The number of carbonyl (C=O) groups excluding carboxylic acids is 1. The monoisotopic (exact) mass is 187 g/mol. The number of hydrogen-bond donors (Lipinski definition) is 2. The molecule has 0 aliphatic heterocycles. The van der Waals surface area contributed by atoms with Gasteiger partial charge in [-0.2, -0.15) is 0 Å². The lowest BCUT2D eigenvalue weighted by molar-refractivity contribution is -0.141. The first-order valence-electron chi connectivity index (χ1n) is 4.20. The lowest BCUT2D eigenvalue weighted by Crippen LogP contribution is -2.33. The molecule has 1 amide bonds. The second-order valence-electron chi connectivity index (χ2n) is 3.18. The first-order valence-corrected chi connectivity index (χ1v) is 4.20. The molecule has 1 fully saturated rings. The van der Waals surface area contributed by atoms with Gasteiger partial charge in [-0.05, 0) is 19.3 Å². The molecule has 0 bridgehead atoms. The van der Waals surface area contributed by atoms with E-state index in [9.17, 15) is 9.59 Å². The fourth-order valence-corrected chi connectivity index (χ4v) is 1.56. The molecular formula is C8H13NO4. The molecule has 1 saturated carbocycles. The number of amides is 1. The number of ether oxygens (including phenoxy) is 1. The Bertz CT molecular complexity index is 216. The van der Waals surface area contributed by atoms with Gasteiger partial charge in [0.1, 0.15) is 0 Å². The van der Waals surface area contributed by atoms with Crippen molar-refractivity contribution < 1.29 is 19.4 Å². The topological polar surface area (TPSA) is 75.6 Å². The van der Waals surface area contributed by atoms with Crippen molar-refractivity contribution in [1.82, 2.24) is 5.32 Å². The van der Waals surface area contributed by atoms with Crippen molar-refractivity contribution in [2.24, 2.45) is 5.92 Å². The third-order valence-electron chi connectivity index (χ3n) is 2.29. The van der Waals surface area contributed by atoms with E-state index in [1.165, 1.54) is 7.11 Å². The van der Waals surface area contributed by atoms with Crippen molar-refractivity contribution in [3.8, 4) is 0 Å². The number of methoxy groups -OCH3 is 1. The molecule has 2 N–H and O–H groups in total. The normalized spacial score (nSPS) is 26.8. The fourth-order valence-electron chi connectivity index (χ4n) is 1.56. The third kappa shape index (κ3) is 2.61. The molecule has 1 rings (SSSR count). The van der Waals surface area contributed by atoms with E-state index in [2.05, 4.69) is 10.1 Å². The second kappa shape index (κ2) is 4.11. The highest BCUT2D eigenvalue weighted by Gasteiger charge is 2.30. The van der Waals surface area contributed by atoms with Crippen LogP contribution in [0.1, 0.15) is 19.3 Å². The number of nitrogens with one attached hydrogen (secondary N) is 1. The molecule has 2 atom stereocenters. The molecule has 0 radical (unpaired) electrons. The maximum atomic E-state index is 10.8. The minimum absolute atomic E-state index is 0.0476. The SMILES string of the molecule is COC(=O)NC1CCC(C(=O)O)C1. The van der Waals surface area contributed by atoms with Crippen LogP contribution in [0.5, 0.6) is 0 Å². The van der Waals surface area contributed by atoms with Gasteiger partial charge < -0.3 is 15.2 Å². The van der Waals surface area contributed by atoms with E-state index >= 15 is 0 Å². The Morgan fingerprint density at radius 2 is 2.15 bits per heavy atom. The molecule has 0 aromatic heterocycles. The Hall–Kier alpha value is -1.26. The van der Waals surface area contributed by atoms with Crippen LogP contribution in [0.25, 0.3) is 0 Å². The summed E-state index contributed by atoms with van der Waals surface area (Å²) in [5.74, 6) is -1.10. The fraction of sp³-hybridized carbons (Fsp3) is 0.750. The summed E-state index contributed by atoms with van der Waals surface area (Å²) in [6.45, 7) is 0. The smallest absolute Gasteiger partial charge is 0.407 e. The Kier molecular flexibility index (Phi) is 3.11. The van der Waals surface area contributed by atoms with E-state index in [1.54, 1.807) is 0 Å². The molecule has 1 aliphatic carbocycles. The van der Waals surface area contributed by atoms with Gasteiger partial charge in [-0.3, -0.25) is 4.79 Å². The summed E-state index contributed by atoms with van der Waals surface area (Å²) < 4.78 is 4.41. The second-order valence-corrected chi connectivity index (χ2v) is 3.18. The summed E-state index contributed by atoms with van der Waals surface area (Å²) in [6, 6.07) is -0.0476. The standard InChI is InChI=1S/C8H13NO4/c1-13-8(12)9-6-3-2-5(4-6)7(10)11/h5-6H,2-4H2,1H3,(H,9,12)(H,10,11). The largest absolute Gasteiger partial charge is 0.481 e. The molecule has 0 heterocycles. The Labute approximate surface area is 76.1 Å². The van der Waals surface area contributed by atoms with Crippen molar-refractivity contribution in [1.29, 1.82) is 0 Å². The van der Waals surface area contributed by atoms with E-state index in [0.29, 0.717) is 19.3 Å². The molecule has 2 unspecified atom stereocenters. The lowest BCUT2D eigenvalue weighted by Gasteiger charge is -2.10. The molecule has 0 saturated heterocycles. The van der Waals surface area contributed by atoms with E-state index < -0.39 is 12.1 Å². The summed E-state index contributed by atoms with van der Waals surface area (Å²) >= 11 is 0. The summed E-state index contributed by atoms with van der Waals surface area (Å²) in [5, 5.41) is 11.3. The predicted octanol–water partition coefficient (Wildman–Crippen LogP) is 0.596. The first-order chi connectivity index (χ1) is 6.13. The van der Waals surface area contributed by atoms with Crippen molar-refractivity contribution in [3.05, 3.63) is 0 Å². The molecule has 13 heavy (non-hydrogen) atoms. The first kappa shape index (κ1) is 9.83. The van der Waals surface area contributed by atoms with Crippen LogP contribution in [0.2, 0.25) is 0 Å². The zero-order valence-electron chi connectivity index (χ0n) is 7.45. The van der Waals surface area contributed by atoms with Crippen LogP contribution in [0.3, 0.4) is 0 Å². The highest BCUT2D eigenvalue weighted by Crippen LogP contribution is 2.25. The van der Waals surface area contributed by atoms with Crippen LogP contribution >= 0.6 is 0 Å². The average molecular weight is 187 g/mol. The minimum Gasteiger partial charge on any atom is -0.481 e. The minimum atomic E-state index is -0.783. The number of rotatable bonds is 2. The zero-order valence-corrected chi connectivity index (χ0v) is 7.45. The maximum Gasteiger partial charge on any atom is 0.407 e. The van der Waals surface area contributed by atoms with E-state index in [1.807, 2.05) is 0 Å². The lowest BCUT2D eigenvalue weighted by atomic mass is 10.1. The molecule has 5 heteroatoms. The molecular weight excluding hydrogens is 174 g/mol. The van der Waals surface area contributed by atoms with Crippen LogP contribution in [0, 0.1) is 5.92 Å². The number of carboxylic acids is 1. The third-order valence-corrected chi connectivity index (χ3v) is 2.29. The summed E-state index contributed by atoms with van der Waals surface area (Å²) in [7, 11) is 1.29. The summed E-state index contributed by atoms with van der Waals surface area (Å²) in [5.41, 5.74) is 0. The van der Waals surface area contributed by atoms with E-state index in [0.717, 1.165) is 0 Å². The zero-order chi connectivity index (χ0) is 9.84. The van der Waals surface area contributed by atoms with Gasteiger partial charge in [0.2, 0.25) is 0 Å². The van der Waals surface area contributed by atoms with Gasteiger partial charge in [0, 0.05) is 6.04 Å². The number of carbonyl (C=O) groups is 2. The predicted molar refractivity (Wildman–Crippen MR) is 44.3 cm³/mol. The van der Waals surface area contributed by atoms with Gasteiger partial charge in [-0.1, -0.05) is 0 Å². The molecule has 0 aromatic rings. The van der Waals surface area contributed by atoms with Gasteiger partial charge in [-0.15, -0.1) is 0 Å². The van der Waals surface area contributed by atoms with Crippen LogP contribution < -0.4 is 5.32 Å². The molecule has 1 aliphatic rings.